The highest BCUT2D eigenvalue weighted by atomic mass is 79.9. The molecular weight excluding hydrogens is 492 g/mol. The standard InChI is InChI=1S/C23H17BrN4O5/c24-15-7-8-17-16(10-15)23(33,22(32)26-17)11-18(27-28-21(31)20(25)30)19(29)14-6-5-12-3-1-2-4-13(12)9-14/h1-10,33H,11H2,(H2,25,30)(H,26,32)(H,28,31)/b27-18+/t23-/m0/s1. The number of fused-ring (bicyclic) bond motifs is 2. The van der Waals surface area contributed by atoms with E-state index in [0.717, 1.165) is 10.8 Å². The summed E-state index contributed by atoms with van der Waals surface area (Å²) in [6.07, 6.45) is -0.563. The molecule has 5 N–H and O–H groups in total. The Morgan fingerprint density at radius 2 is 1.79 bits per heavy atom. The van der Waals surface area contributed by atoms with Gasteiger partial charge in [-0.2, -0.15) is 5.10 Å². The molecule has 0 saturated heterocycles. The van der Waals surface area contributed by atoms with Crippen LogP contribution in [-0.2, 0) is 20.0 Å². The average Bonchev–Trinajstić information content (AvgIpc) is 3.05. The van der Waals surface area contributed by atoms with Crippen molar-refractivity contribution in [2.45, 2.75) is 12.0 Å². The van der Waals surface area contributed by atoms with Crippen molar-refractivity contribution >= 4 is 61.6 Å². The minimum atomic E-state index is -2.14. The number of hydrogen-bond donors (Lipinski definition) is 4. The summed E-state index contributed by atoms with van der Waals surface area (Å²) in [4.78, 5) is 48.8. The molecule has 0 bridgehead atoms. The third kappa shape index (κ3) is 4.26. The number of hydrogen-bond acceptors (Lipinski definition) is 6. The smallest absolute Gasteiger partial charge is 0.329 e. The number of nitrogens with one attached hydrogen (secondary N) is 2. The first-order chi connectivity index (χ1) is 15.7. The summed E-state index contributed by atoms with van der Waals surface area (Å²) in [5.74, 6) is -3.95. The maximum atomic E-state index is 13.3. The van der Waals surface area contributed by atoms with Gasteiger partial charge in [-0.05, 0) is 35.0 Å². The van der Waals surface area contributed by atoms with Gasteiger partial charge in [-0.3, -0.25) is 19.2 Å². The lowest BCUT2D eigenvalue weighted by molar-refractivity contribution is -0.137. The second kappa shape index (κ2) is 8.57. The van der Waals surface area contributed by atoms with Gasteiger partial charge in [-0.15, -0.1) is 0 Å². The van der Waals surface area contributed by atoms with Gasteiger partial charge in [0.05, 0.1) is 0 Å². The van der Waals surface area contributed by atoms with Crippen molar-refractivity contribution < 1.29 is 24.3 Å². The fraction of sp³-hybridized carbons (Fsp3) is 0.0870. The number of nitrogens with zero attached hydrogens (tertiary/aromatic N) is 1. The molecule has 0 spiro atoms. The number of benzene rings is 3. The number of hydrazone groups is 1. The maximum absolute atomic E-state index is 13.3. The Kier molecular flexibility index (Phi) is 5.79. The largest absolute Gasteiger partial charge is 0.375 e. The van der Waals surface area contributed by atoms with Gasteiger partial charge in [0.25, 0.3) is 5.91 Å². The molecule has 1 aliphatic rings. The number of ketones is 1. The minimum Gasteiger partial charge on any atom is -0.375 e. The van der Waals surface area contributed by atoms with E-state index in [1.165, 1.54) is 0 Å². The van der Waals surface area contributed by atoms with E-state index in [2.05, 4.69) is 26.3 Å². The molecule has 166 valence electrons. The monoisotopic (exact) mass is 508 g/mol. The van der Waals surface area contributed by atoms with Gasteiger partial charge in [0, 0.05) is 27.7 Å². The van der Waals surface area contributed by atoms with E-state index >= 15 is 0 Å². The van der Waals surface area contributed by atoms with Crippen LogP contribution in [0.2, 0.25) is 0 Å². The summed E-state index contributed by atoms with van der Waals surface area (Å²) >= 11 is 3.30. The fourth-order valence-electron chi connectivity index (χ4n) is 3.57. The van der Waals surface area contributed by atoms with Gasteiger partial charge < -0.3 is 16.2 Å². The SMILES string of the molecule is NC(=O)C(=O)N/N=C(\C[C@@]1(O)C(=O)Nc2ccc(Br)cc21)C(=O)c1ccc2ccccc2c1. The van der Waals surface area contributed by atoms with Crippen LogP contribution in [0, 0.1) is 0 Å². The van der Waals surface area contributed by atoms with Gasteiger partial charge in [0.15, 0.2) is 5.60 Å². The minimum absolute atomic E-state index is 0.220. The quantitative estimate of drug-likeness (QED) is 0.180. The van der Waals surface area contributed by atoms with Crippen LogP contribution in [0.1, 0.15) is 22.3 Å². The Labute approximate surface area is 195 Å². The molecule has 1 heterocycles. The van der Waals surface area contributed by atoms with E-state index in [-0.39, 0.29) is 16.8 Å². The number of anilines is 1. The van der Waals surface area contributed by atoms with Gasteiger partial charge in [-0.25, -0.2) is 5.43 Å². The van der Waals surface area contributed by atoms with Crippen molar-refractivity contribution in [3.8, 4) is 0 Å². The molecule has 9 nitrogen and oxygen atoms in total. The van der Waals surface area contributed by atoms with Crippen LogP contribution in [0.4, 0.5) is 5.69 Å². The normalized spacial score (nSPS) is 17.4. The number of amides is 3. The third-order valence-electron chi connectivity index (χ3n) is 5.26. The predicted octanol–water partition coefficient (Wildman–Crippen LogP) is 1.97. The zero-order valence-corrected chi connectivity index (χ0v) is 18.5. The molecule has 0 aromatic heterocycles. The molecule has 1 atom stereocenters. The van der Waals surface area contributed by atoms with Crippen molar-refractivity contribution in [1.82, 2.24) is 5.43 Å². The summed E-state index contributed by atoms with van der Waals surface area (Å²) in [6, 6.07) is 17.2. The Morgan fingerprint density at radius 1 is 1.06 bits per heavy atom. The summed E-state index contributed by atoms with van der Waals surface area (Å²) in [7, 11) is 0. The second-order valence-corrected chi connectivity index (χ2v) is 8.35. The highest BCUT2D eigenvalue weighted by Gasteiger charge is 2.47. The molecule has 3 aromatic carbocycles. The van der Waals surface area contributed by atoms with Crippen molar-refractivity contribution in [1.29, 1.82) is 0 Å². The highest BCUT2D eigenvalue weighted by Crippen LogP contribution is 2.40. The van der Waals surface area contributed by atoms with Crippen LogP contribution in [-0.4, -0.2) is 34.3 Å². The lowest BCUT2D eigenvalue weighted by atomic mass is 9.87. The van der Waals surface area contributed by atoms with Crippen LogP contribution in [0.5, 0.6) is 0 Å². The average molecular weight is 509 g/mol. The molecule has 10 heteroatoms. The lowest BCUT2D eigenvalue weighted by Crippen LogP contribution is -2.40. The van der Waals surface area contributed by atoms with E-state index in [4.69, 9.17) is 5.73 Å². The Morgan fingerprint density at radius 3 is 2.52 bits per heavy atom. The number of carbonyl (C=O) groups is 4. The number of Topliss-reactive ketones (excluding diaryl/α,β-unsaturated/α-hetero) is 1. The second-order valence-electron chi connectivity index (χ2n) is 7.44. The number of aliphatic hydroxyl groups is 1. The maximum Gasteiger partial charge on any atom is 0.329 e. The number of nitrogens with two attached hydrogens (primary N) is 1. The Balaban J connectivity index is 1.75. The topological polar surface area (TPSA) is 151 Å². The van der Waals surface area contributed by atoms with Crippen LogP contribution >= 0.6 is 15.9 Å². The summed E-state index contributed by atoms with van der Waals surface area (Å²) in [6.45, 7) is 0. The molecule has 3 amide bonds. The molecular formula is C23H17BrN4O5. The zero-order valence-electron chi connectivity index (χ0n) is 17.0. The summed E-state index contributed by atoms with van der Waals surface area (Å²) < 4.78 is 0.609. The number of primary amides is 1. The molecule has 33 heavy (non-hydrogen) atoms. The van der Waals surface area contributed by atoms with E-state index in [1.807, 2.05) is 29.7 Å². The van der Waals surface area contributed by atoms with E-state index < -0.39 is 35.5 Å². The van der Waals surface area contributed by atoms with Crippen LogP contribution in [0.15, 0.2) is 70.2 Å². The molecule has 0 fully saturated rings. The van der Waals surface area contributed by atoms with Crippen LogP contribution in [0.3, 0.4) is 0 Å². The van der Waals surface area contributed by atoms with Gasteiger partial charge in [-0.1, -0.05) is 52.3 Å². The van der Waals surface area contributed by atoms with Crippen molar-refractivity contribution in [3.63, 3.8) is 0 Å². The lowest BCUT2D eigenvalue weighted by Gasteiger charge is -2.21. The summed E-state index contributed by atoms with van der Waals surface area (Å²) in [5.41, 5.74) is 5.21. The Bertz CT molecular complexity index is 1370. The van der Waals surface area contributed by atoms with Crippen LogP contribution in [0.25, 0.3) is 10.8 Å². The molecule has 3 aromatic rings. The molecule has 1 aliphatic heterocycles. The zero-order chi connectivity index (χ0) is 23.8. The molecule has 0 aliphatic carbocycles. The number of halogens is 1. The predicted molar refractivity (Wildman–Crippen MR) is 124 cm³/mol. The summed E-state index contributed by atoms with van der Waals surface area (Å²) in [5, 5.41) is 19.3. The molecule has 4 rings (SSSR count). The van der Waals surface area contributed by atoms with Gasteiger partial charge in [0.1, 0.15) is 5.71 Å². The highest BCUT2D eigenvalue weighted by molar-refractivity contribution is 9.10. The van der Waals surface area contributed by atoms with Gasteiger partial charge >= 0.3 is 11.8 Å². The van der Waals surface area contributed by atoms with Crippen LogP contribution < -0.4 is 16.5 Å². The van der Waals surface area contributed by atoms with Crippen molar-refractivity contribution in [2.75, 3.05) is 5.32 Å². The molecule has 0 saturated carbocycles. The number of carbonyl (C=O) groups excluding carboxylic acids is 4. The van der Waals surface area contributed by atoms with Crippen molar-refractivity contribution in [3.05, 3.63) is 76.3 Å². The van der Waals surface area contributed by atoms with Crippen molar-refractivity contribution in [2.24, 2.45) is 10.8 Å². The Hall–Kier alpha value is -3.89. The molecule has 0 radical (unpaired) electrons. The first kappa shape index (κ1) is 22.3. The third-order valence-corrected chi connectivity index (χ3v) is 5.76. The fourth-order valence-corrected chi connectivity index (χ4v) is 3.94. The first-order valence-corrected chi connectivity index (χ1v) is 10.5. The van der Waals surface area contributed by atoms with Gasteiger partial charge in [0.2, 0.25) is 5.78 Å². The molecule has 0 unspecified atom stereocenters. The first-order valence-electron chi connectivity index (χ1n) is 9.73. The van der Waals surface area contributed by atoms with E-state index in [9.17, 15) is 24.3 Å². The van der Waals surface area contributed by atoms with E-state index in [0.29, 0.717) is 10.2 Å². The van der Waals surface area contributed by atoms with E-state index in [1.54, 1.807) is 36.4 Å². The number of rotatable bonds is 5.